The van der Waals surface area contributed by atoms with Crippen molar-refractivity contribution in [1.82, 2.24) is 0 Å². The Hall–Kier alpha value is -1.98. The average Bonchev–Trinajstić information content (AvgIpc) is 2.42. The number of halogens is 3. The molecule has 120 valence electrons. The molecular formula is C16H17F3O3. The Morgan fingerprint density at radius 3 is 2.59 bits per heavy atom. The largest absolute Gasteiger partial charge is 0.478 e. The van der Waals surface area contributed by atoms with Crippen molar-refractivity contribution in [3.05, 3.63) is 34.9 Å². The number of hydrogen-bond acceptors (Lipinski definition) is 2. The van der Waals surface area contributed by atoms with Gasteiger partial charge in [0, 0.05) is 5.56 Å². The van der Waals surface area contributed by atoms with E-state index in [0.29, 0.717) is 23.5 Å². The molecule has 0 spiro atoms. The number of carboxylic acids is 1. The van der Waals surface area contributed by atoms with Crippen LogP contribution in [0.2, 0.25) is 0 Å². The Balaban J connectivity index is 2.44. The van der Waals surface area contributed by atoms with Gasteiger partial charge < -0.3 is 9.84 Å². The van der Waals surface area contributed by atoms with Crippen LogP contribution in [0.3, 0.4) is 0 Å². The van der Waals surface area contributed by atoms with Gasteiger partial charge >= 0.3 is 12.1 Å². The lowest BCUT2D eigenvalue weighted by Gasteiger charge is -2.28. The standard InChI is InChI=1S/C16H17F3O3/c1-9(2)6-7-10-4-3-5-11-8-12(15(20)21)14(16(17,18)19)22-13(10)11/h3-5,8-9,14H,6-7H2,1-2H3,(H,20,21). The van der Waals surface area contributed by atoms with Gasteiger partial charge in [0.25, 0.3) is 0 Å². The van der Waals surface area contributed by atoms with Crippen LogP contribution in [0.15, 0.2) is 23.8 Å². The molecule has 0 fully saturated rings. The second kappa shape index (κ2) is 6.02. The van der Waals surface area contributed by atoms with E-state index >= 15 is 0 Å². The molecule has 0 aliphatic carbocycles. The highest BCUT2D eigenvalue weighted by Gasteiger charge is 2.48. The fourth-order valence-electron chi connectivity index (χ4n) is 2.34. The Kier molecular flexibility index (Phi) is 4.49. The van der Waals surface area contributed by atoms with Gasteiger partial charge in [0.1, 0.15) is 5.75 Å². The van der Waals surface area contributed by atoms with Crippen molar-refractivity contribution in [3.63, 3.8) is 0 Å². The van der Waals surface area contributed by atoms with Crippen molar-refractivity contribution in [2.45, 2.75) is 39.0 Å². The van der Waals surface area contributed by atoms with Crippen molar-refractivity contribution in [2.75, 3.05) is 0 Å². The van der Waals surface area contributed by atoms with Gasteiger partial charge in [-0.2, -0.15) is 13.2 Å². The summed E-state index contributed by atoms with van der Waals surface area (Å²) in [6.07, 6.45) is -4.75. The SMILES string of the molecule is CC(C)CCc1cccc2c1OC(C(F)(F)F)C(C(=O)O)=C2. The number of aryl methyl sites for hydroxylation is 1. The smallest absolute Gasteiger partial charge is 0.430 e. The quantitative estimate of drug-likeness (QED) is 0.911. The zero-order valence-electron chi connectivity index (χ0n) is 12.3. The molecule has 0 amide bonds. The summed E-state index contributed by atoms with van der Waals surface area (Å²) in [6, 6.07) is 4.97. The summed E-state index contributed by atoms with van der Waals surface area (Å²) in [5.41, 5.74) is 0.251. The first kappa shape index (κ1) is 16.4. The van der Waals surface area contributed by atoms with E-state index in [1.807, 2.05) is 13.8 Å². The van der Waals surface area contributed by atoms with Crippen LogP contribution < -0.4 is 4.74 Å². The highest BCUT2D eigenvalue weighted by atomic mass is 19.4. The van der Waals surface area contributed by atoms with Crippen LogP contribution in [0.25, 0.3) is 6.08 Å². The number of fused-ring (bicyclic) bond motifs is 1. The van der Waals surface area contributed by atoms with Crippen LogP contribution in [0.4, 0.5) is 13.2 Å². The van der Waals surface area contributed by atoms with Crippen molar-refractivity contribution in [2.24, 2.45) is 5.92 Å². The average molecular weight is 314 g/mol. The topological polar surface area (TPSA) is 46.5 Å². The van der Waals surface area contributed by atoms with Gasteiger partial charge in [-0.3, -0.25) is 0 Å². The van der Waals surface area contributed by atoms with Crippen molar-refractivity contribution in [3.8, 4) is 5.75 Å². The maximum atomic E-state index is 13.1. The van der Waals surface area contributed by atoms with E-state index in [0.717, 1.165) is 12.5 Å². The number of benzene rings is 1. The molecule has 0 saturated heterocycles. The maximum absolute atomic E-state index is 13.1. The maximum Gasteiger partial charge on any atom is 0.430 e. The lowest BCUT2D eigenvalue weighted by Crippen LogP contribution is -2.40. The molecule has 22 heavy (non-hydrogen) atoms. The van der Waals surface area contributed by atoms with Crippen LogP contribution in [0.5, 0.6) is 5.75 Å². The highest BCUT2D eigenvalue weighted by Crippen LogP contribution is 2.39. The van der Waals surface area contributed by atoms with Gasteiger partial charge in [0.05, 0.1) is 5.57 Å². The Morgan fingerprint density at radius 2 is 2.05 bits per heavy atom. The second-order valence-corrected chi connectivity index (χ2v) is 5.71. The first-order valence-corrected chi connectivity index (χ1v) is 7.00. The van der Waals surface area contributed by atoms with Crippen LogP contribution in [-0.2, 0) is 11.2 Å². The molecule has 1 aliphatic rings. The summed E-state index contributed by atoms with van der Waals surface area (Å²) in [6.45, 7) is 4.05. The van der Waals surface area contributed by atoms with Gasteiger partial charge in [-0.15, -0.1) is 0 Å². The minimum Gasteiger partial charge on any atom is -0.478 e. The Labute approximate surface area is 126 Å². The minimum atomic E-state index is -4.77. The fourth-order valence-corrected chi connectivity index (χ4v) is 2.34. The molecule has 3 nitrogen and oxygen atoms in total. The predicted octanol–water partition coefficient (Wildman–Crippen LogP) is 4.07. The molecule has 1 N–H and O–H groups in total. The fraction of sp³-hybridized carbons (Fsp3) is 0.438. The zero-order valence-corrected chi connectivity index (χ0v) is 12.3. The predicted molar refractivity (Wildman–Crippen MR) is 75.7 cm³/mol. The molecule has 1 heterocycles. The van der Waals surface area contributed by atoms with E-state index < -0.39 is 23.8 Å². The van der Waals surface area contributed by atoms with Crippen LogP contribution >= 0.6 is 0 Å². The summed E-state index contributed by atoms with van der Waals surface area (Å²) in [4.78, 5) is 11.1. The molecule has 1 aromatic carbocycles. The molecule has 2 rings (SSSR count). The Bertz CT molecular complexity index is 603. The van der Waals surface area contributed by atoms with E-state index in [1.165, 1.54) is 0 Å². The van der Waals surface area contributed by atoms with E-state index in [1.54, 1.807) is 18.2 Å². The zero-order chi connectivity index (χ0) is 16.5. The Morgan fingerprint density at radius 1 is 1.36 bits per heavy atom. The summed E-state index contributed by atoms with van der Waals surface area (Å²) in [5, 5.41) is 8.99. The lowest BCUT2D eigenvalue weighted by molar-refractivity contribution is -0.187. The highest BCUT2D eigenvalue weighted by molar-refractivity contribution is 5.95. The first-order chi connectivity index (χ1) is 10.2. The molecule has 0 radical (unpaired) electrons. The molecule has 0 saturated carbocycles. The normalized spacial score (nSPS) is 17.7. The third-order valence-corrected chi connectivity index (χ3v) is 3.49. The number of ether oxygens (including phenoxy) is 1. The van der Waals surface area contributed by atoms with E-state index in [-0.39, 0.29) is 5.75 Å². The third kappa shape index (κ3) is 3.43. The van der Waals surface area contributed by atoms with Crippen LogP contribution in [0, 0.1) is 5.92 Å². The van der Waals surface area contributed by atoms with E-state index in [9.17, 15) is 18.0 Å². The minimum absolute atomic E-state index is 0.135. The van der Waals surface area contributed by atoms with Crippen molar-refractivity contribution in [1.29, 1.82) is 0 Å². The van der Waals surface area contributed by atoms with Crippen LogP contribution in [0.1, 0.15) is 31.4 Å². The van der Waals surface area contributed by atoms with Crippen molar-refractivity contribution >= 4 is 12.0 Å². The first-order valence-electron chi connectivity index (χ1n) is 7.00. The molecule has 0 aromatic heterocycles. The lowest BCUT2D eigenvalue weighted by atomic mass is 9.95. The van der Waals surface area contributed by atoms with Gasteiger partial charge in [0.15, 0.2) is 0 Å². The molecule has 0 bridgehead atoms. The van der Waals surface area contributed by atoms with Gasteiger partial charge in [-0.05, 0) is 30.4 Å². The number of aliphatic carboxylic acids is 1. The molecule has 1 aromatic rings. The number of rotatable bonds is 4. The number of hydrogen-bond donors (Lipinski definition) is 1. The summed E-state index contributed by atoms with van der Waals surface area (Å²) < 4.78 is 44.2. The molecule has 6 heteroatoms. The van der Waals surface area contributed by atoms with E-state index in [4.69, 9.17) is 9.84 Å². The van der Waals surface area contributed by atoms with Gasteiger partial charge in [-0.25, -0.2) is 4.79 Å². The van der Waals surface area contributed by atoms with Gasteiger partial charge in [-0.1, -0.05) is 32.0 Å². The molecule has 1 unspecified atom stereocenters. The summed E-state index contributed by atoms with van der Waals surface area (Å²) >= 11 is 0. The molecule has 1 atom stereocenters. The number of alkyl halides is 3. The number of carboxylic acid groups (broad SMARTS) is 1. The second-order valence-electron chi connectivity index (χ2n) is 5.71. The number of carbonyl (C=O) groups is 1. The van der Waals surface area contributed by atoms with Crippen LogP contribution in [-0.4, -0.2) is 23.4 Å². The van der Waals surface area contributed by atoms with Gasteiger partial charge in [0.2, 0.25) is 6.10 Å². The molecule has 1 aliphatic heterocycles. The molecular weight excluding hydrogens is 297 g/mol. The summed E-state index contributed by atoms with van der Waals surface area (Å²) in [5.74, 6) is -1.08. The third-order valence-electron chi connectivity index (χ3n) is 3.49. The number of para-hydroxylation sites is 1. The van der Waals surface area contributed by atoms with E-state index in [2.05, 4.69) is 0 Å². The summed E-state index contributed by atoms with van der Waals surface area (Å²) in [7, 11) is 0. The van der Waals surface area contributed by atoms with Crippen molar-refractivity contribution < 1.29 is 27.8 Å². The monoisotopic (exact) mass is 314 g/mol.